The van der Waals surface area contributed by atoms with Gasteiger partial charge in [0.15, 0.2) is 0 Å². The number of aromatic nitrogens is 1. The van der Waals surface area contributed by atoms with Gasteiger partial charge in [-0.25, -0.2) is 13.4 Å². The summed E-state index contributed by atoms with van der Waals surface area (Å²) >= 11 is 7.58. The van der Waals surface area contributed by atoms with Crippen LogP contribution in [0.25, 0.3) is 11.3 Å². The summed E-state index contributed by atoms with van der Waals surface area (Å²) in [5.74, 6) is 0.674. The second-order valence-corrected chi connectivity index (χ2v) is 10.5. The van der Waals surface area contributed by atoms with Crippen molar-refractivity contribution in [2.75, 3.05) is 32.8 Å². The number of benzene rings is 2. The molecule has 0 bridgehead atoms. The molecule has 1 saturated heterocycles. The van der Waals surface area contributed by atoms with Crippen LogP contribution in [0.3, 0.4) is 0 Å². The quantitative estimate of drug-likeness (QED) is 0.505. The molecule has 2 heterocycles. The molecule has 0 N–H and O–H groups in total. The summed E-state index contributed by atoms with van der Waals surface area (Å²) in [4.78, 5) is 7.28. The molecule has 6 nitrogen and oxygen atoms in total. The summed E-state index contributed by atoms with van der Waals surface area (Å²) in [5, 5.41) is 3.77. The van der Waals surface area contributed by atoms with Gasteiger partial charge < -0.3 is 4.74 Å². The van der Waals surface area contributed by atoms with Crippen LogP contribution in [0.4, 0.5) is 0 Å². The second-order valence-electron chi connectivity index (χ2n) is 7.22. The number of rotatable bonds is 7. The maximum absolute atomic E-state index is 13.0. The van der Waals surface area contributed by atoms with Crippen molar-refractivity contribution in [3.05, 3.63) is 63.9 Å². The molecule has 3 aromatic rings. The predicted octanol–water partition coefficient (Wildman–Crippen LogP) is 4.37. The smallest absolute Gasteiger partial charge is 0.243 e. The highest BCUT2D eigenvalue weighted by Crippen LogP contribution is 2.25. The Balaban J connectivity index is 1.35. The fourth-order valence-electron chi connectivity index (χ4n) is 3.48. The Morgan fingerprint density at radius 1 is 1.03 bits per heavy atom. The molecule has 0 radical (unpaired) electrons. The van der Waals surface area contributed by atoms with E-state index >= 15 is 0 Å². The first-order valence-electron chi connectivity index (χ1n) is 10.1. The van der Waals surface area contributed by atoms with Gasteiger partial charge >= 0.3 is 0 Å². The van der Waals surface area contributed by atoms with Crippen molar-refractivity contribution in [2.24, 2.45) is 0 Å². The molecular weight excluding hydrogens is 454 g/mol. The maximum Gasteiger partial charge on any atom is 0.243 e. The van der Waals surface area contributed by atoms with Crippen LogP contribution in [0.15, 0.2) is 58.8 Å². The van der Waals surface area contributed by atoms with Gasteiger partial charge in [0.2, 0.25) is 10.0 Å². The molecule has 1 aromatic heterocycles. The van der Waals surface area contributed by atoms with Gasteiger partial charge in [-0.1, -0.05) is 23.7 Å². The molecule has 9 heteroatoms. The predicted molar refractivity (Wildman–Crippen MR) is 124 cm³/mol. The summed E-state index contributed by atoms with van der Waals surface area (Å²) in [5.41, 5.74) is 1.98. The lowest BCUT2D eigenvalue weighted by Gasteiger charge is -2.33. The highest BCUT2D eigenvalue weighted by atomic mass is 35.5. The minimum atomic E-state index is -3.50. The molecule has 31 heavy (non-hydrogen) atoms. The van der Waals surface area contributed by atoms with Crippen LogP contribution in [0.2, 0.25) is 5.02 Å². The average molecular weight is 478 g/mol. The minimum Gasteiger partial charge on any atom is -0.494 e. The fraction of sp³-hybridized carbons (Fsp3) is 0.318. The van der Waals surface area contributed by atoms with E-state index < -0.39 is 10.0 Å². The highest BCUT2D eigenvalue weighted by molar-refractivity contribution is 7.89. The largest absolute Gasteiger partial charge is 0.494 e. The number of piperazine rings is 1. The Morgan fingerprint density at radius 2 is 1.71 bits per heavy atom. The second kappa shape index (κ2) is 9.67. The van der Waals surface area contributed by atoms with Gasteiger partial charge in [-0.2, -0.15) is 4.31 Å². The number of ether oxygens (including phenoxy) is 1. The molecule has 1 aliphatic heterocycles. The van der Waals surface area contributed by atoms with E-state index in [0.717, 1.165) is 22.8 Å². The van der Waals surface area contributed by atoms with E-state index in [-0.39, 0.29) is 0 Å². The standard InChI is InChI=1S/C22H24ClN3O3S2/c1-2-29-19-7-9-20(10-8-19)31(27,28)26-13-11-25(12-14-26)15-22-24-21(16-30-22)17-3-5-18(23)6-4-17/h3-10,16H,2,11-15H2,1H3. The molecule has 164 valence electrons. The van der Waals surface area contributed by atoms with E-state index in [9.17, 15) is 8.42 Å². The lowest BCUT2D eigenvalue weighted by Crippen LogP contribution is -2.48. The zero-order valence-corrected chi connectivity index (χ0v) is 19.6. The summed E-state index contributed by atoms with van der Waals surface area (Å²) in [7, 11) is -3.50. The van der Waals surface area contributed by atoms with Crippen molar-refractivity contribution in [3.63, 3.8) is 0 Å². The van der Waals surface area contributed by atoms with Crippen molar-refractivity contribution in [1.29, 1.82) is 0 Å². The zero-order valence-electron chi connectivity index (χ0n) is 17.2. The topological polar surface area (TPSA) is 62.7 Å². The lowest BCUT2D eigenvalue weighted by molar-refractivity contribution is 0.181. The van der Waals surface area contributed by atoms with Gasteiger partial charge in [-0.05, 0) is 43.3 Å². The lowest BCUT2D eigenvalue weighted by atomic mass is 10.2. The van der Waals surface area contributed by atoms with Crippen LogP contribution >= 0.6 is 22.9 Å². The third-order valence-corrected chi connectivity index (χ3v) is 8.15. The molecule has 0 spiro atoms. The van der Waals surface area contributed by atoms with Crippen LogP contribution in [0.1, 0.15) is 11.9 Å². The minimum absolute atomic E-state index is 0.303. The molecule has 2 aromatic carbocycles. The number of thiazole rings is 1. The van der Waals surface area contributed by atoms with E-state index in [4.69, 9.17) is 21.3 Å². The Labute approximate surface area is 192 Å². The molecule has 1 fully saturated rings. The summed E-state index contributed by atoms with van der Waals surface area (Å²) in [6.45, 7) is 5.44. The monoisotopic (exact) mass is 477 g/mol. The summed E-state index contributed by atoms with van der Waals surface area (Å²) < 4.78 is 32.9. The number of halogens is 1. The van der Waals surface area contributed by atoms with Gasteiger partial charge in [0.25, 0.3) is 0 Å². The Morgan fingerprint density at radius 3 is 2.35 bits per heavy atom. The molecule has 0 atom stereocenters. The van der Waals surface area contributed by atoms with Crippen LogP contribution in [0, 0.1) is 0 Å². The van der Waals surface area contributed by atoms with Crippen molar-refractivity contribution in [2.45, 2.75) is 18.4 Å². The Kier molecular flexibility index (Phi) is 6.93. The van der Waals surface area contributed by atoms with E-state index in [0.29, 0.717) is 48.5 Å². The SMILES string of the molecule is CCOc1ccc(S(=O)(=O)N2CCN(Cc3nc(-c4ccc(Cl)cc4)cs3)CC2)cc1. The van der Waals surface area contributed by atoms with Crippen molar-refractivity contribution >= 4 is 33.0 Å². The van der Waals surface area contributed by atoms with E-state index in [2.05, 4.69) is 4.90 Å². The zero-order chi connectivity index (χ0) is 21.8. The molecule has 0 amide bonds. The third kappa shape index (κ3) is 5.27. The van der Waals surface area contributed by atoms with Crippen LogP contribution in [-0.4, -0.2) is 55.4 Å². The van der Waals surface area contributed by atoms with Crippen LogP contribution in [0.5, 0.6) is 5.75 Å². The van der Waals surface area contributed by atoms with Gasteiger partial charge in [-0.15, -0.1) is 11.3 Å². The summed E-state index contributed by atoms with van der Waals surface area (Å²) in [6.07, 6.45) is 0. The number of hydrogen-bond acceptors (Lipinski definition) is 6. The Hall–Kier alpha value is -1.97. The number of hydrogen-bond donors (Lipinski definition) is 0. The van der Waals surface area contributed by atoms with Gasteiger partial charge in [0, 0.05) is 42.1 Å². The van der Waals surface area contributed by atoms with Gasteiger partial charge in [0.1, 0.15) is 10.8 Å². The van der Waals surface area contributed by atoms with Crippen molar-refractivity contribution in [3.8, 4) is 17.0 Å². The van der Waals surface area contributed by atoms with Crippen molar-refractivity contribution < 1.29 is 13.2 Å². The van der Waals surface area contributed by atoms with E-state index in [1.807, 2.05) is 36.6 Å². The van der Waals surface area contributed by atoms with Crippen LogP contribution < -0.4 is 4.74 Å². The van der Waals surface area contributed by atoms with E-state index in [1.165, 1.54) is 0 Å². The van der Waals surface area contributed by atoms with E-state index in [1.54, 1.807) is 39.9 Å². The van der Waals surface area contributed by atoms with Crippen molar-refractivity contribution in [1.82, 2.24) is 14.2 Å². The molecule has 4 rings (SSSR count). The summed E-state index contributed by atoms with van der Waals surface area (Å²) in [6, 6.07) is 14.3. The first-order valence-corrected chi connectivity index (χ1v) is 12.8. The normalized spacial score (nSPS) is 15.8. The average Bonchev–Trinajstić information content (AvgIpc) is 3.24. The fourth-order valence-corrected chi connectivity index (χ4v) is 5.87. The maximum atomic E-state index is 13.0. The first-order chi connectivity index (χ1) is 15.0. The van der Waals surface area contributed by atoms with Gasteiger partial charge in [0.05, 0.1) is 23.7 Å². The molecule has 0 saturated carbocycles. The molecule has 0 unspecified atom stereocenters. The van der Waals surface area contributed by atoms with Gasteiger partial charge in [-0.3, -0.25) is 4.90 Å². The molecule has 0 aliphatic carbocycles. The molecule has 1 aliphatic rings. The van der Waals surface area contributed by atoms with Crippen LogP contribution in [-0.2, 0) is 16.6 Å². The third-order valence-electron chi connectivity index (χ3n) is 5.15. The Bertz CT molecular complexity index is 1110. The molecular formula is C22H24ClN3O3S2. The number of nitrogens with zero attached hydrogens (tertiary/aromatic N) is 3. The number of sulfonamides is 1. The first kappa shape index (κ1) is 22.2. The highest BCUT2D eigenvalue weighted by Gasteiger charge is 2.28.